The number of para-hydroxylation sites is 1. The highest BCUT2D eigenvalue weighted by Crippen LogP contribution is 2.53. The maximum Gasteiger partial charge on any atom is 0.530 e. The standard InChI is InChI=1S/C25H32FN2O11P/c1-4-17(22-33-13-14-34-22)39-40(32,38-16-9-7-6-8-10-16)35-15-18-21(37-20(30)5-2)25(3,26)23(36-18)28-12-11-19(29)27-24(28)31/h6-12,17-18,21-23H,4-5,13-15H2,1-3H3,(H,27,29,31)/t17-,18?,21?,23?,25?,40?/m0/s1. The summed E-state index contributed by atoms with van der Waals surface area (Å²) in [6, 6.07) is 9.14. The van der Waals surface area contributed by atoms with Crippen LogP contribution in [0.25, 0.3) is 0 Å². The fraction of sp³-hybridized carbons (Fsp3) is 0.560. The second-order valence-electron chi connectivity index (χ2n) is 9.27. The average molecular weight is 587 g/mol. The van der Waals surface area contributed by atoms with Crippen molar-refractivity contribution in [1.82, 2.24) is 9.55 Å². The van der Waals surface area contributed by atoms with E-state index in [1.54, 1.807) is 25.1 Å². The number of nitrogens with zero attached hydrogens (tertiary/aromatic N) is 1. The predicted octanol–water partition coefficient (Wildman–Crippen LogP) is 2.86. The molecule has 3 heterocycles. The molecule has 0 saturated carbocycles. The van der Waals surface area contributed by atoms with Crippen molar-refractivity contribution in [3.63, 3.8) is 0 Å². The van der Waals surface area contributed by atoms with Crippen LogP contribution in [0.1, 0.15) is 39.8 Å². The summed E-state index contributed by atoms with van der Waals surface area (Å²) in [5.74, 6) is -0.568. The minimum absolute atomic E-state index is 0.0677. The molecule has 0 radical (unpaired) electrons. The Bertz CT molecular complexity index is 1310. The molecule has 13 nitrogen and oxygen atoms in total. The minimum atomic E-state index is -4.46. The highest BCUT2D eigenvalue weighted by atomic mass is 31.2. The molecule has 2 aromatic rings. The van der Waals surface area contributed by atoms with Gasteiger partial charge in [0.05, 0.1) is 19.8 Å². The Hall–Kier alpha value is -2.87. The lowest BCUT2D eigenvalue weighted by Gasteiger charge is -2.28. The number of aromatic amines is 1. The van der Waals surface area contributed by atoms with E-state index in [-0.39, 0.29) is 12.2 Å². The fourth-order valence-electron chi connectivity index (χ4n) is 4.29. The SMILES string of the molecule is CCC(=O)OC1C(COP(=O)(Oc2ccccc2)O[C@@H](CC)C2OCCO2)OC(n2ccc(=O)[nH]c2=O)C1(C)F. The number of aromatic nitrogens is 2. The number of alkyl halides is 1. The van der Waals surface area contributed by atoms with Crippen molar-refractivity contribution in [2.24, 2.45) is 0 Å². The lowest BCUT2D eigenvalue weighted by Crippen LogP contribution is -2.46. The smallest absolute Gasteiger partial charge is 0.456 e. The first-order chi connectivity index (χ1) is 19.1. The topological polar surface area (TPSA) is 154 Å². The van der Waals surface area contributed by atoms with Crippen molar-refractivity contribution in [1.29, 1.82) is 0 Å². The largest absolute Gasteiger partial charge is 0.530 e. The number of hydrogen-bond donors (Lipinski definition) is 1. The van der Waals surface area contributed by atoms with Gasteiger partial charge in [-0.1, -0.05) is 32.0 Å². The molecule has 0 spiro atoms. The Labute approximate surface area is 229 Å². The second-order valence-corrected chi connectivity index (χ2v) is 10.8. The van der Waals surface area contributed by atoms with E-state index in [9.17, 15) is 18.9 Å². The molecule has 0 amide bonds. The number of ether oxygens (including phenoxy) is 4. The van der Waals surface area contributed by atoms with Crippen molar-refractivity contribution in [3.05, 3.63) is 63.4 Å². The van der Waals surface area contributed by atoms with Crippen LogP contribution >= 0.6 is 7.82 Å². The summed E-state index contributed by atoms with van der Waals surface area (Å²) in [5.41, 5.74) is -4.10. The first-order valence-corrected chi connectivity index (χ1v) is 14.3. The Morgan fingerprint density at radius 2 is 1.90 bits per heavy atom. The Kier molecular flexibility index (Phi) is 9.60. The molecule has 1 aromatic heterocycles. The third-order valence-electron chi connectivity index (χ3n) is 6.31. The number of phosphoric ester groups is 1. The van der Waals surface area contributed by atoms with Gasteiger partial charge < -0.3 is 23.5 Å². The molecule has 15 heteroatoms. The second kappa shape index (κ2) is 12.8. The van der Waals surface area contributed by atoms with Crippen LogP contribution in [-0.4, -0.2) is 65.6 Å². The van der Waals surface area contributed by atoms with Crippen LogP contribution in [-0.2, 0) is 37.4 Å². The predicted molar refractivity (Wildman–Crippen MR) is 136 cm³/mol. The Morgan fingerprint density at radius 1 is 1.20 bits per heavy atom. The highest BCUT2D eigenvalue weighted by Gasteiger charge is 2.58. The van der Waals surface area contributed by atoms with Crippen molar-refractivity contribution in [3.8, 4) is 5.75 Å². The minimum Gasteiger partial charge on any atom is -0.456 e. The number of halogens is 1. The Balaban J connectivity index is 1.61. The number of H-pyrrole nitrogens is 1. The molecule has 5 unspecified atom stereocenters. The van der Waals surface area contributed by atoms with Crippen LogP contribution < -0.4 is 15.8 Å². The van der Waals surface area contributed by atoms with Gasteiger partial charge in [0.2, 0.25) is 0 Å². The maximum atomic E-state index is 16.2. The Morgan fingerprint density at radius 3 is 2.52 bits per heavy atom. The first kappa shape index (κ1) is 30.1. The van der Waals surface area contributed by atoms with Crippen LogP contribution in [0.15, 0.2) is 52.2 Å². The van der Waals surface area contributed by atoms with Gasteiger partial charge >= 0.3 is 19.5 Å². The van der Waals surface area contributed by atoms with Crippen LogP contribution in [0.5, 0.6) is 5.75 Å². The molecule has 220 valence electrons. The molecule has 2 saturated heterocycles. The number of nitrogens with one attached hydrogen (secondary N) is 1. The summed E-state index contributed by atoms with van der Waals surface area (Å²) in [7, 11) is -4.46. The van der Waals surface area contributed by atoms with Gasteiger partial charge in [0.25, 0.3) is 5.56 Å². The van der Waals surface area contributed by atoms with Gasteiger partial charge in [-0.2, -0.15) is 0 Å². The molecule has 2 fully saturated rings. The quantitative estimate of drug-likeness (QED) is 0.289. The van der Waals surface area contributed by atoms with Crippen LogP contribution in [0.3, 0.4) is 0 Å². The summed E-state index contributed by atoms with van der Waals surface area (Å²) < 4.78 is 70.2. The van der Waals surface area contributed by atoms with Gasteiger partial charge in [-0.3, -0.25) is 28.2 Å². The van der Waals surface area contributed by atoms with E-state index >= 15 is 4.39 Å². The molecule has 6 atom stereocenters. The summed E-state index contributed by atoms with van der Waals surface area (Å²) >= 11 is 0. The van der Waals surface area contributed by atoms with E-state index in [4.69, 9.17) is 32.5 Å². The van der Waals surface area contributed by atoms with Gasteiger partial charge in [-0.05, 0) is 25.5 Å². The normalized spacial score (nSPS) is 27.2. The maximum absolute atomic E-state index is 16.2. The van der Waals surface area contributed by atoms with Crippen LogP contribution in [0, 0.1) is 0 Å². The molecule has 1 N–H and O–H groups in total. The van der Waals surface area contributed by atoms with Gasteiger partial charge in [0.1, 0.15) is 18.0 Å². The van der Waals surface area contributed by atoms with Crippen molar-refractivity contribution in [2.75, 3.05) is 19.8 Å². The summed E-state index contributed by atoms with van der Waals surface area (Å²) in [6.07, 6.45) is -4.90. The summed E-state index contributed by atoms with van der Waals surface area (Å²) in [6.45, 7) is 4.41. The zero-order valence-electron chi connectivity index (χ0n) is 22.2. The molecule has 4 rings (SSSR count). The molecule has 0 bridgehead atoms. The third kappa shape index (κ3) is 6.88. The number of rotatable bonds is 12. The monoisotopic (exact) mass is 586 g/mol. The van der Waals surface area contributed by atoms with Crippen LogP contribution in [0.2, 0.25) is 0 Å². The summed E-state index contributed by atoms with van der Waals surface area (Å²) in [4.78, 5) is 38.2. The van der Waals surface area contributed by atoms with E-state index in [0.29, 0.717) is 19.6 Å². The zero-order chi connectivity index (χ0) is 28.9. The molecule has 2 aliphatic heterocycles. The van der Waals surface area contributed by atoms with Gasteiger partial charge in [0.15, 0.2) is 24.3 Å². The molecule has 1 aromatic carbocycles. The molecular weight excluding hydrogens is 554 g/mol. The van der Waals surface area contributed by atoms with E-state index in [2.05, 4.69) is 0 Å². The van der Waals surface area contributed by atoms with Crippen molar-refractivity contribution >= 4 is 13.8 Å². The van der Waals surface area contributed by atoms with E-state index in [0.717, 1.165) is 23.8 Å². The van der Waals surface area contributed by atoms with Crippen LogP contribution in [0.4, 0.5) is 4.39 Å². The molecular formula is C25H32FN2O11P. The summed E-state index contributed by atoms with van der Waals surface area (Å²) in [5, 5.41) is 0. The number of benzene rings is 1. The zero-order valence-corrected chi connectivity index (χ0v) is 23.1. The van der Waals surface area contributed by atoms with Gasteiger partial charge in [-0.25, -0.2) is 13.8 Å². The van der Waals surface area contributed by atoms with Crippen molar-refractivity contribution < 1.29 is 46.3 Å². The molecule has 2 aliphatic rings. The molecule has 40 heavy (non-hydrogen) atoms. The van der Waals surface area contributed by atoms with Gasteiger partial charge in [0, 0.05) is 18.7 Å². The van der Waals surface area contributed by atoms with E-state index < -0.39 is 68.1 Å². The van der Waals surface area contributed by atoms with E-state index in [1.165, 1.54) is 19.1 Å². The van der Waals surface area contributed by atoms with Gasteiger partial charge in [-0.15, -0.1) is 0 Å². The lowest BCUT2D eigenvalue weighted by molar-refractivity contribution is -0.158. The number of carbonyl (C=O) groups is 1. The number of hydrogen-bond acceptors (Lipinski definition) is 11. The molecule has 0 aliphatic carbocycles. The highest BCUT2D eigenvalue weighted by molar-refractivity contribution is 7.49. The fourth-order valence-corrected chi connectivity index (χ4v) is 5.74. The van der Waals surface area contributed by atoms with E-state index in [1.807, 2.05) is 4.98 Å². The lowest BCUT2D eigenvalue weighted by atomic mass is 9.98. The number of esters is 1. The number of carbonyl (C=O) groups excluding carboxylic acids is 1. The average Bonchev–Trinajstić information content (AvgIpc) is 3.54. The first-order valence-electron chi connectivity index (χ1n) is 12.8. The van der Waals surface area contributed by atoms with Crippen molar-refractivity contribution in [2.45, 2.75) is 70.1 Å². The number of phosphoric acid groups is 1. The third-order valence-corrected chi connectivity index (χ3v) is 7.74.